The van der Waals surface area contributed by atoms with E-state index in [2.05, 4.69) is 31.3 Å². The van der Waals surface area contributed by atoms with Crippen molar-refractivity contribution < 1.29 is 20.1 Å². The second kappa shape index (κ2) is 52.7. The highest BCUT2D eigenvalue weighted by Crippen LogP contribution is 2.18. The van der Waals surface area contributed by atoms with Crippen LogP contribution in [0.3, 0.4) is 0 Å². The molecule has 0 aliphatic heterocycles. The number of hydrogen-bond donors (Lipinski definition) is 4. The predicted octanol–water partition coefficient (Wildman–Crippen LogP) is 17.5. The number of carbonyl (C=O) groups excluding carboxylic acids is 1. The highest BCUT2D eigenvalue weighted by Gasteiger charge is 2.23. The van der Waals surface area contributed by atoms with Crippen molar-refractivity contribution in [3.05, 3.63) is 12.2 Å². The summed E-state index contributed by atoms with van der Waals surface area (Å²) in [6.45, 7) is 4.27. The Bertz CT molecular complexity index is 879. The Kier molecular flexibility index (Phi) is 51.9. The summed E-state index contributed by atoms with van der Waals surface area (Å²) < 4.78 is 0. The number of aliphatic hydroxyl groups excluding tert-OH is 3. The number of nitrogens with one attached hydrogen (secondary N) is 1. The summed E-state index contributed by atoms with van der Waals surface area (Å²) in [5.74, 6) is -0.465. The fourth-order valence-electron chi connectivity index (χ4n) is 9.19. The predicted molar refractivity (Wildman–Crippen MR) is 273 cm³/mol. The zero-order chi connectivity index (χ0) is 45.1. The summed E-state index contributed by atoms with van der Waals surface area (Å²) >= 11 is 0. The lowest BCUT2D eigenvalue weighted by atomic mass is 10.0. The molecular formula is C57H113NO4. The van der Waals surface area contributed by atoms with Gasteiger partial charge in [-0.25, -0.2) is 0 Å². The zero-order valence-electron chi connectivity index (χ0n) is 42.3. The van der Waals surface area contributed by atoms with Crippen molar-refractivity contribution in [2.75, 3.05) is 6.61 Å². The highest BCUT2D eigenvalue weighted by atomic mass is 16.3. The minimum absolute atomic E-state index is 0.309. The standard InChI is InChI=1S/C57H113NO4/c1-3-5-7-9-11-13-15-17-19-21-23-24-25-26-27-28-29-30-31-32-34-36-38-40-42-44-46-48-50-52-56(61)57(62)58-54(53-59)55(60)51-49-47-45-43-41-39-37-35-33-22-20-18-16-14-12-10-8-6-4-2/h26-27,54-56,59-61H,3-25,28-53H2,1-2H3,(H,58,62)/b27-26-. The van der Waals surface area contributed by atoms with Gasteiger partial charge < -0.3 is 20.6 Å². The summed E-state index contributed by atoms with van der Waals surface area (Å²) in [5, 5.41) is 33.6. The second-order valence-electron chi connectivity index (χ2n) is 19.9. The Morgan fingerprint density at radius 2 is 0.613 bits per heavy atom. The van der Waals surface area contributed by atoms with Crippen LogP contribution < -0.4 is 5.32 Å². The molecular weight excluding hydrogens is 763 g/mol. The zero-order valence-corrected chi connectivity index (χ0v) is 42.3. The van der Waals surface area contributed by atoms with Crippen LogP contribution in [0.15, 0.2) is 12.2 Å². The molecule has 3 unspecified atom stereocenters. The molecule has 5 nitrogen and oxygen atoms in total. The molecule has 0 aromatic heterocycles. The molecule has 0 saturated heterocycles. The highest BCUT2D eigenvalue weighted by molar-refractivity contribution is 5.80. The first kappa shape index (κ1) is 61.1. The Labute approximate surface area is 389 Å². The van der Waals surface area contributed by atoms with Crippen LogP contribution >= 0.6 is 0 Å². The van der Waals surface area contributed by atoms with Crippen LogP contribution in [-0.2, 0) is 4.79 Å². The SMILES string of the molecule is CCCCCCCCCCCCCC/C=C\CCCCCCCCCCCCCCCC(O)C(=O)NC(CO)C(O)CCCCCCCCCCCCCCCCCCCCC. The lowest BCUT2D eigenvalue weighted by Crippen LogP contribution is -2.49. The first-order valence-electron chi connectivity index (χ1n) is 28.5. The van der Waals surface area contributed by atoms with Crippen LogP contribution in [0.5, 0.6) is 0 Å². The van der Waals surface area contributed by atoms with Crippen molar-refractivity contribution in [3.63, 3.8) is 0 Å². The maximum absolute atomic E-state index is 12.6. The summed E-state index contributed by atoms with van der Waals surface area (Å²) in [6.07, 6.45) is 65.4. The smallest absolute Gasteiger partial charge is 0.249 e. The number of allylic oxidation sites excluding steroid dienone is 2. The molecule has 0 rings (SSSR count). The molecule has 0 aliphatic carbocycles. The van der Waals surface area contributed by atoms with E-state index in [1.807, 2.05) is 0 Å². The van der Waals surface area contributed by atoms with Crippen LogP contribution in [0.25, 0.3) is 0 Å². The van der Waals surface area contributed by atoms with Crippen molar-refractivity contribution >= 4 is 5.91 Å². The topological polar surface area (TPSA) is 89.8 Å². The third-order valence-electron chi connectivity index (χ3n) is 13.6. The largest absolute Gasteiger partial charge is 0.394 e. The quantitative estimate of drug-likeness (QED) is 0.0362. The Morgan fingerprint density at radius 3 is 0.887 bits per heavy atom. The number of amides is 1. The number of unbranched alkanes of at least 4 members (excludes halogenated alkanes) is 43. The lowest BCUT2D eigenvalue weighted by Gasteiger charge is -2.23. The fourth-order valence-corrected chi connectivity index (χ4v) is 9.19. The van der Waals surface area contributed by atoms with E-state index in [0.717, 1.165) is 32.1 Å². The van der Waals surface area contributed by atoms with Crippen LogP contribution in [0.1, 0.15) is 322 Å². The van der Waals surface area contributed by atoms with Gasteiger partial charge in [-0.05, 0) is 38.5 Å². The molecule has 0 radical (unpaired) electrons. The van der Waals surface area contributed by atoms with Gasteiger partial charge in [0.25, 0.3) is 0 Å². The van der Waals surface area contributed by atoms with Crippen LogP contribution in [0, 0.1) is 0 Å². The van der Waals surface area contributed by atoms with Gasteiger partial charge >= 0.3 is 0 Å². The van der Waals surface area contributed by atoms with Gasteiger partial charge in [-0.1, -0.05) is 296 Å². The second-order valence-corrected chi connectivity index (χ2v) is 19.9. The first-order chi connectivity index (χ1) is 30.6. The molecule has 1 amide bonds. The maximum Gasteiger partial charge on any atom is 0.249 e. The molecule has 0 aromatic carbocycles. The molecule has 0 aliphatic rings. The van der Waals surface area contributed by atoms with E-state index in [9.17, 15) is 20.1 Å². The van der Waals surface area contributed by atoms with Gasteiger partial charge in [-0.3, -0.25) is 4.79 Å². The Hall–Kier alpha value is -0.910. The van der Waals surface area contributed by atoms with Crippen LogP contribution in [0.4, 0.5) is 0 Å². The van der Waals surface area contributed by atoms with E-state index in [4.69, 9.17) is 0 Å². The van der Waals surface area contributed by atoms with Crippen molar-refractivity contribution in [3.8, 4) is 0 Å². The van der Waals surface area contributed by atoms with Crippen LogP contribution in [0.2, 0.25) is 0 Å². The van der Waals surface area contributed by atoms with E-state index in [-0.39, 0.29) is 6.61 Å². The monoisotopic (exact) mass is 876 g/mol. The van der Waals surface area contributed by atoms with E-state index in [0.29, 0.717) is 12.8 Å². The van der Waals surface area contributed by atoms with Gasteiger partial charge in [0, 0.05) is 0 Å². The Balaban J connectivity index is 3.50. The normalized spacial score (nSPS) is 13.3. The molecule has 370 valence electrons. The molecule has 0 aromatic rings. The number of rotatable bonds is 53. The Morgan fingerprint density at radius 1 is 0.371 bits per heavy atom. The minimum Gasteiger partial charge on any atom is -0.394 e. The minimum atomic E-state index is -1.07. The van der Waals surface area contributed by atoms with Crippen molar-refractivity contribution in [2.24, 2.45) is 0 Å². The molecule has 0 saturated carbocycles. The average molecular weight is 877 g/mol. The molecule has 0 spiro atoms. The molecule has 0 fully saturated rings. The van der Waals surface area contributed by atoms with Crippen molar-refractivity contribution in [1.29, 1.82) is 0 Å². The summed E-state index contributed by atoms with van der Waals surface area (Å²) in [6, 6.07) is -0.710. The maximum atomic E-state index is 12.6. The molecule has 3 atom stereocenters. The van der Waals surface area contributed by atoms with Gasteiger partial charge in [0.1, 0.15) is 6.10 Å². The van der Waals surface area contributed by atoms with Gasteiger partial charge in [0.05, 0.1) is 18.8 Å². The molecule has 4 N–H and O–H groups in total. The molecule has 5 heteroatoms. The van der Waals surface area contributed by atoms with Gasteiger partial charge in [0.15, 0.2) is 0 Å². The van der Waals surface area contributed by atoms with E-state index in [1.54, 1.807) is 0 Å². The molecule has 0 bridgehead atoms. The summed E-state index contributed by atoms with van der Waals surface area (Å²) in [4.78, 5) is 12.6. The van der Waals surface area contributed by atoms with Gasteiger partial charge in [-0.2, -0.15) is 0 Å². The van der Waals surface area contributed by atoms with Gasteiger partial charge in [0.2, 0.25) is 5.91 Å². The third kappa shape index (κ3) is 47.1. The first-order valence-corrected chi connectivity index (χ1v) is 28.5. The summed E-state index contributed by atoms with van der Waals surface area (Å²) in [7, 11) is 0. The summed E-state index contributed by atoms with van der Waals surface area (Å²) in [5.41, 5.74) is 0. The average Bonchev–Trinajstić information content (AvgIpc) is 3.28. The van der Waals surface area contributed by atoms with Crippen LogP contribution in [-0.4, -0.2) is 46.1 Å². The van der Waals surface area contributed by atoms with E-state index < -0.39 is 24.2 Å². The van der Waals surface area contributed by atoms with Gasteiger partial charge in [-0.15, -0.1) is 0 Å². The fraction of sp³-hybridized carbons (Fsp3) is 0.947. The van der Waals surface area contributed by atoms with Crippen molar-refractivity contribution in [1.82, 2.24) is 5.32 Å². The van der Waals surface area contributed by atoms with Crippen molar-refractivity contribution in [2.45, 2.75) is 340 Å². The number of hydrogen-bond acceptors (Lipinski definition) is 4. The van der Waals surface area contributed by atoms with E-state index >= 15 is 0 Å². The third-order valence-corrected chi connectivity index (χ3v) is 13.6. The molecule has 0 heterocycles. The lowest BCUT2D eigenvalue weighted by molar-refractivity contribution is -0.131. The molecule has 62 heavy (non-hydrogen) atoms. The number of aliphatic hydroxyl groups is 3. The number of carbonyl (C=O) groups is 1. The van der Waals surface area contributed by atoms with E-state index in [1.165, 1.54) is 263 Å².